The Kier molecular flexibility index (Phi) is 3.29. The maximum Gasteiger partial charge on any atom is 0.137 e. The Morgan fingerprint density at radius 2 is 2.10 bits per heavy atom. The summed E-state index contributed by atoms with van der Waals surface area (Å²) in [5.74, 6) is 0.841. The topological polar surface area (TPSA) is 38.6 Å². The van der Waals surface area contributed by atoms with Crippen molar-refractivity contribution in [2.45, 2.75) is 6.92 Å². The molecule has 2 heterocycles. The van der Waals surface area contributed by atoms with E-state index >= 15 is 0 Å². The molecule has 0 aliphatic rings. The zero-order valence-corrected chi connectivity index (χ0v) is 11.6. The summed E-state index contributed by atoms with van der Waals surface area (Å²) in [6.07, 6.45) is 4.08. The van der Waals surface area contributed by atoms with Gasteiger partial charge >= 0.3 is 0 Å². The summed E-state index contributed by atoms with van der Waals surface area (Å²) < 4.78 is 7.29. The van der Waals surface area contributed by atoms with E-state index in [1.165, 1.54) is 0 Å². The Morgan fingerprint density at radius 3 is 2.90 bits per heavy atom. The summed E-state index contributed by atoms with van der Waals surface area (Å²) in [6, 6.07) is 12.0. The Labute approximate surface area is 118 Å². The van der Waals surface area contributed by atoms with Gasteiger partial charge in [0.2, 0.25) is 0 Å². The van der Waals surface area contributed by atoms with Crippen molar-refractivity contribution in [2.75, 3.05) is 19.0 Å². The molecule has 102 valence electrons. The predicted molar refractivity (Wildman–Crippen MR) is 81.3 cm³/mol. The lowest BCUT2D eigenvalue weighted by atomic mass is 10.1. The summed E-state index contributed by atoms with van der Waals surface area (Å²) in [4.78, 5) is 4.64. The van der Waals surface area contributed by atoms with Gasteiger partial charge in [-0.25, -0.2) is 4.98 Å². The minimum Gasteiger partial charge on any atom is -0.497 e. The van der Waals surface area contributed by atoms with Crippen molar-refractivity contribution in [2.24, 2.45) is 0 Å². The van der Waals surface area contributed by atoms with Crippen LogP contribution in [-0.2, 0) is 0 Å². The van der Waals surface area contributed by atoms with Gasteiger partial charge in [-0.05, 0) is 31.2 Å². The fraction of sp³-hybridized carbons (Fsp3) is 0.188. The zero-order valence-electron chi connectivity index (χ0n) is 11.6. The minimum atomic E-state index is 0.841. The van der Waals surface area contributed by atoms with Crippen LogP contribution in [-0.4, -0.2) is 23.0 Å². The summed E-state index contributed by atoms with van der Waals surface area (Å²) in [6.45, 7) is 2.99. The van der Waals surface area contributed by atoms with Crippen molar-refractivity contribution in [3.63, 3.8) is 0 Å². The number of imidazole rings is 1. The summed E-state index contributed by atoms with van der Waals surface area (Å²) in [5, 5.41) is 3.30. The third-order valence-corrected chi connectivity index (χ3v) is 3.20. The van der Waals surface area contributed by atoms with E-state index in [0.29, 0.717) is 0 Å². The molecule has 0 amide bonds. The van der Waals surface area contributed by atoms with Crippen LogP contribution in [0.3, 0.4) is 0 Å². The number of anilines is 1. The van der Waals surface area contributed by atoms with E-state index in [0.717, 1.165) is 34.9 Å². The number of ether oxygens (including phenoxy) is 1. The largest absolute Gasteiger partial charge is 0.497 e. The first kappa shape index (κ1) is 12.5. The first-order valence-electron chi connectivity index (χ1n) is 6.67. The molecule has 0 saturated carbocycles. The van der Waals surface area contributed by atoms with Gasteiger partial charge in [0, 0.05) is 24.5 Å². The summed E-state index contributed by atoms with van der Waals surface area (Å²) in [7, 11) is 1.67. The van der Waals surface area contributed by atoms with Crippen LogP contribution in [0.1, 0.15) is 6.92 Å². The molecule has 1 N–H and O–H groups in total. The van der Waals surface area contributed by atoms with E-state index in [4.69, 9.17) is 4.74 Å². The standard InChI is InChI=1S/C16H17N3O/c1-3-17-13-7-8-16-18-15(11-19(16)10-13)12-5-4-6-14(9-12)20-2/h4-11,17H,3H2,1-2H3. The first-order valence-corrected chi connectivity index (χ1v) is 6.67. The maximum atomic E-state index is 5.26. The van der Waals surface area contributed by atoms with Crippen molar-refractivity contribution >= 4 is 11.3 Å². The van der Waals surface area contributed by atoms with E-state index in [9.17, 15) is 0 Å². The molecule has 0 aliphatic carbocycles. The minimum absolute atomic E-state index is 0.841. The SMILES string of the molecule is CCNc1ccc2nc(-c3cccc(OC)c3)cn2c1. The number of rotatable bonds is 4. The number of fused-ring (bicyclic) bond motifs is 1. The van der Waals surface area contributed by atoms with Gasteiger partial charge in [-0.1, -0.05) is 12.1 Å². The average molecular weight is 267 g/mol. The monoisotopic (exact) mass is 267 g/mol. The molecule has 2 aromatic heterocycles. The van der Waals surface area contributed by atoms with Crippen LogP contribution < -0.4 is 10.1 Å². The number of nitrogens with one attached hydrogen (secondary N) is 1. The van der Waals surface area contributed by atoms with E-state index in [-0.39, 0.29) is 0 Å². The number of pyridine rings is 1. The van der Waals surface area contributed by atoms with Gasteiger partial charge in [0.25, 0.3) is 0 Å². The van der Waals surface area contributed by atoms with Crippen molar-refractivity contribution in [1.82, 2.24) is 9.38 Å². The van der Waals surface area contributed by atoms with Crippen LogP contribution in [0.25, 0.3) is 16.9 Å². The van der Waals surface area contributed by atoms with E-state index in [2.05, 4.69) is 23.4 Å². The second-order valence-electron chi connectivity index (χ2n) is 4.57. The Bertz CT molecular complexity index is 733. The van der Waals surface area contributed by atoms with Crippen LogP contribution in [0.15, 0.2) is 48.8 Å². The van der Waals surface area contributed by atoms with Gasteiger partial charge in [-0.2, -0.15) is 0 Å². The molecule has 4 heteroatoms. The molecule has 20 heavy (non-hydrogen) atoms. The molecule has 0 fully saturated rings. The van der Waals surface area contributed by atoms with E-state index in [1.54, 1.807) is 7.11 Å². The second kappa shape index (κ2) is 5.25. The molecule has 0 spiro atoms. The predicted octanol–water partition coefficient (Wildman–Crippen LogP) is 3.44. The second-order valence-corrected chi connectivity index (χ2v) is 4.57. The molecule has 0 radical (unpaired) electrons. The Morgan fingerprint density at radius 1 is 1.20 bits per heavy atom. The Balaban J connectivity index is 2.03. The molecule has 0 aliphatic heterocycles. The molecule has 1 aromatic carbocycles. The summed E-state index contributed by atoms with van der Waals surface area (Å²) >= 11 is 0. The first-order chi connectivity index (χ1) is 9.80. The molecule has 3 aromatic rings. The molecule has 0 bridgehead atoms. The molecule has 0 saturated heterocycles. The lowest BCUT2D eigenvalue weighted by Gasteiger charge is -2.02. The Hall–Kier alpha value is -2.49. The quantitative estimate of drug-likeness (QED) is 0.787. The molecular weight excluding hydrogens is 250 g/mol. The highest BCUT2D eigenvalue weighted by Crippen LogP contribution is 2.24. The van der Waals surface area contributed by atoms with Crippen LogP contribution in [0.5, 0.6) is 5.75 Å². The van der Waals surface area contributed by atoms with E-state index in [1.807, 2.05) is 47.0 Å². The number of nitrogens with zero attached hydrogens (tertiary/aromatic N) is 2. The normalized spacial score (nSPS) is 10.7. The van der Waals surface area contributed by atoms with Crippen LogP contribution in [0.4, 0.5) is 5.69 Å². The highest BCUT2D eigenvalue weighted by atomic mass is 16.5. The highest BCUT2D eigenvalue weighted by Gasteiger charge is 2.05. The molecule has 0 unspecified atom stereocenters. The third-order valence-electron chi connectivity index (χ3n) is 3.20. The van der Waals surface area contributed by atoms with Gasteiger partial charge in [-0.15, -0.1) is 0 Å². The van der Waals surface area contributed by atoms with Crippen LogP contribution in [0.2, 0.25) is 0 Å². The number of hydrogen-bond acceptors (Lipinski definition) is 3. The van der Waals surface area contributed by atoms with Crippen LogP contribution >= 0.6 is 0 Å². The number of hydrogen-bond donors (Lipinski definition) is 1. The van der Waals surface area contributed by atoms with Crippen molar-refractivity contribution < 1.29 is 4.74 Å². The van der Waals surface area contributed by atoms with Gasteiger partial charge in [0.1, 0.15) is 11.4 Å². The lowest BCUT2D eigenvalue weighted by molar-refractivity contribution is 0.415. The number of methoxy groups -OCH3 is 1. The van der Waals surface area contributed by atoms with Crippen molar-refractivity contribution in [3.05, 3.63) is 48.8 Å². The molecular formula is C16H17N3O. The molecule has 4 nitrogen and oxygen atoms in total. The number of benzene rings is 1. The van der Waals surface area contributed by atoms with Crippen molar-refractivity contribution in [1.29, 1.82) is 0 Å². The smallest absolute Gasteiger partial charge is 0.137 e. The fourth-order valence-corrected chi connectivity index (χ4v) is 2.22. The van der Waals surface area contributed by atoms with E-state index < -0.39 is 0 Å². The molecule has 3 rings (SSSR count). The maximum absolute atomic E-state index is 5.26. The highest BCUT2D eigenvalue weighted by molar-refractivity contribution is 5.65. The van der Waals surface area contributed by atoms with Gasteiger partial charge in [-0.3, -0.25) is 0 Å². The third kappa shape index (κ3) is 2.32. The van der Waals surface area contributed by atoms with Gasteiger partial charge in [0.15, 0.2) is 0 Å². The summed E-state index contributed by atoms with van der Waals surface area (Å²) in [5.41, 5.74) is 4.02. The van der Waals surface area contributed by atoms with Crippen LogP contribution in [0, 0.1) is 0 Å². The lowest BCUT2D eigenvalue weighted by Crippen LogP contribution is -1.97. The zero-order chi connectivity index (χ0) is 13.9. The fourth-order valence-electron chi connectivity index (χ4n) is 2.22. The van der Waals surface area contributed by atoms with Gasteiger partial charge in [0.05, 0.1) is 18.5 Å². The average Bonchev–Trinajstić information content (AvgIpc) is 2.91. The number of aromatic nitrogens is 2. The van der Waals surface area contributed by atoms with Crippen molar-refractivity contribution in [3.8, 4) is 17.0 Å². The molecule has 0 atom stereocenters. The van der Waals surface area contributed by atoms with Gasteiger partial charge < -0.3 is 14.5 Å².